The summed E-state index contributed by atoms with van der Waals surface area (Å²) >= 11 is 0. The molecule has 0 fully saturated rings. The SMILES string of the molecule is COc1cc2nccc(Oc3ccc4c(C(=O)Nc5ccccn5)cccc4c3)c2cc1OC. The number of amides is 1. The average molecular weight is 451 g/mol. The van der Waals surface area contributed by atoms with Crippen LogP contribution in [0.4, 0.5) is 5.82 Å². The zero-order valence-corrected chi connectivity index (χ0v) is 18.6. The summed E-state index contributed by atoms with van der Waals surface area (Å²) in [4.78, 5) is 21.4. The fourth-order valence-electron chi connectivity index (χ4n) is 3.81. The molecule has 0 aliphatic carbocycles. The van der Waals surface area contributed by atoms with E-state index in [-0.39, 0.29) is 5.91 Å². The Morgan fingerprint density at radius 3 is 2.41 bits per heavy atom. The van der Waals surface area contributed by atoms with Crippen molar-refractivity contribution in [1.82, 2.24) is 9.97 Å². The number of fused-ring (bicyclic) bond motifs is 2. The molecule has 2 heterocycles. The summed E-state index contributed by atoms with van der Waals surface area (Å²) in [5, 5.41) is 5.32. The Bertz CT molecular complexity index is 1500. The van der Waals surface area contributed by atoms with Crippen molar-refractivity contribution in [2.75, 3.05) is 19.5 Å². The molecule has 0 aliphatic heterocycles. The van der Waals surface area contributed by atoms with E-state index in [0.717, 1.165) is 21.7 Å². The van der Waals surface area contributed by atoms with Gasteiger partial charge in [0.25, 0.3) is 5.91 Å². The van der Waals surface area contributed by atoms with Crippen molar-refractivity contribution in [3.8, 4) is 23.0 Å². The van der Waals surface area contributed by atoms with Crippen LogP contribution in [0.15, 0.2) is 85.2 Å². The van der Waals surface area contributed by atoms with Gasteiger partial charge in [0, 0.05) is 29.4 Å². The second-order valence-electron chi connectivity index (χ2n) is 7.49. The Morgan fingerprint density at radius 2 is 1.62 bits per heavy atom. The van der Waals surface area contributed by atoms with Crippen LogP contribution < -0.4 is 19.5 Å². The predicted molar refractivity (Wildman–Crippen MR) is 131 cm³/mol. The molecule has 0 saturated carbocycles. The first kappa shape index (κ1) is 21.2. The van der Waals surface area contributed by atoms with Gasteiger partial charge < -0.3 is 19.5 Å². The quantitative estimate of drug-likeness (QED) is 0.349. The molecule has 5 aromatic rings. The number of anilines is 1. The molecular weight excluding hydrogens is 430 g/mol. The molecule has 3 aromatic carbocycles. The van der Waals surface area contributed by atoms with Crippen LogP contribution in [-0.4, -0.2) is 30.1 Å². The van der Waals surface area contributed by atoms with Crippen molar-refractivity contribution in [3.05, 3.63) is 90.8 Å². The molecule has 2 aromatic heterocycles. The molecule has 1 amide bonds. The van der Waals surface area contributed by atoms with Crippen LogP contribution in [0.5, 0.6) is 23.0 Å². The standard InChI is InChI=1S/C27H21N3O4/c1-32-24-15-21-22(16-25(24)33-2)28-13-11-23(21)34-18-9-10-19-17(14-18)6-5-7-20(19)27(31)30-26-8-3-4-12-29-26/h3-16H,1-2H3,(H,29,30,31). The Hall–Kier alpha value is -4.65. The summed E-state index contributed by atoms with van der Waals surface area (Å²) in [5.41, 5.74) is 1.28. The molecule has 0 aliphatic rings. The van der Waals surface area contributed by atoms with Crippen molar-refractivity contribution < 1.29 is 19.0 Å². The van der Waals surface area contributed by atoms with E-state index in [1.165, 1.54) is 0 Å². The number of hydrogen-bond donors (Lipinski definition) is 1. The molecule has 0 radical (unpaired) electrons. The third kappa shape index (κ3) is 4.06. The Labute approximate surface area is 195 Å². The van der Waals surface area contributed by atoms with E-state index in [9.17, 15) is 4.79 Å². The minimum Gasteiger partial charge on any atom is -0.493 e. The van der Waals surface area contributed by atoms with Gasteiger partial charge in [-0.1, -0.05) is 18.2 Å². The maximum absolute atomic E-state index is 12.9. The minimum atomic E-state index is -0.223. The first-order valence-corrected chi connectivity index (χ1v) is 10.6. The van der Waals surface area contributed by atoms with Crippen molar-refractivity contribution in [2.24, 2.45) is 0 Å². The van der Waals surface area contributed by atoms with Crippen LogP contribution in [0.1, 0.15) is 10.4 Å². The lowest BCUT2D eigenvalue weighted by Crippen LogP contribution is -2.13. The molecule has 0 saturated heterocycles. The zero-order valence-electron chi connectivity index (χ0n) is 18.6. The van der Waals surface area contributed by atoms with Crippen LogP contribution in [0.3, 0.4) is 0 Å². The van der Waals surface area contributed by atoms with Crippen molar-refractivity contribution in [1.29, 1.82) is 0 Å². The van der Waals surface area contributed by atoms with Crippen LogP contribution in [0, 0.1) is 0 Å². The van der Waals surface area contributed by atoms with Gasteiger partial charge in [0.15, 0.2) is 11.5 Å². The zero-order chi connectivity index (χ0) is 23.5. The number of nitrogens with zero attached hydrogens (tertiary/aromatic N) is 2. The molecule has 0 spiro atoms. The highest BCUT2D eigenvalue weighted by Crippen LogP contribution is 2.37. The Morgan fingerprint density at radius 1 is 0.765 bits per heavy atom. The molecule has 1 N–H and O–H groups in total. The van der Waals surface area contributed by atoms with Gasteiger partial charge in [0.2, 0.25) is 0 Å². The highest BCUT2D eigenvalue weighted by molar-refractivity contribution is 6.12. The topological polar surface area (TPSA) is 82.6 Å². The van der Waals surface area contributed by atoms with Crippen LogP contribution in [-0.2, 0) is 0 Å². The fourth-order valence-corrected chi connectivity index (χ4v) is 3.81. The average Bonchev–Trinajstić information content (AvgIpc) is 2.88. The summed E-state index contributed by atoms with van der Waals surface area (Å²) in [5.74, 6) is 2.74. The van der Waals surface area contributed by atoms with Gasteiger partial charge in [-0.05, 0) is 59.3 Å². The summed E-state index contributed by atoms with van der Waals surface area (Å²) in [7, 11) is 3.18. The number of pyridine rings is 2. The van der Waals surface area contributed by atoms with E-state index >= 15 is 0 Å². The van der Waals surface area contributed by atoms with Gasteiger partial charge in [0.1, 0.15) is 17.3 Å². The number of hydrogen-bond acceptors (Lipinski definition) is 6. The van der Waals surface area contributed by atoms with Crippen LogP contribution >= 0.6 is 0 Å². The molecular formula is C27H21N3O4. The number of ether oxygens (including phenoxy) is 3. The number of carbonyl (C=O) groups excluding carboxylic acids is 1. The lowest BCUT2D eigenvalue weighted by atomic mass is 10.0. The molecule has 5 rings (SSSR count). The maximum Gasteiger partial charge on any atom is 0.257 e. The molecule has 0 bridgehead atoms. The third-order valence-electron chi connectivity index (χ3n) is 5.44. The van der Waals surface area contributed by atoms with E-state index < -0.39 is 0 Å². The minimum absolute atomic E-state index is 0.223. The van der Waals surface area contributed by atoms with E-state index in [1.807, 2.05) is 48.5 Å². The van der Waals surface area contributed by atoms with Gasteiger partial charge in [-0.15, -0.1) is 0 Å². The van der Waals surface area contributed by atoms with Gasteiger partial charge in [-0.25, -0.2) is 4.98 Å². The molecule has 0 unspecified atom stereocenters. The second-order valence-corrected chi connectivity index (χ2v) is 7.49. The molecule has 168 valence electrons. The van der Waals surface area contributed by atoms with Crippen LogP contribution in [0.25, 0.3) is 21.7 Å². The van der Waals surface area contributed by atoms with Gasteiger partial charge >= 0.3 is 0 Å². The first-order chi connectivity index (χ1) is 16.7. The number of rotatable bonds is 6. The number of nitrogens with one attached hydrogen (secondary N) is 1. The van der Waals surface area contributed by atoms with Gasteiger partial charge in [-0.3, -0.25) is 9.78 Å². The van der Waals surface area contributed by atoms with Crippen molar-refractivity contribution in [3.63, 3.8) is 0 Å². The summed E-state index contributed by atoms with van der Waals surface area (Å²) in [6.45, 7) is 0. The lowest BCUT2D eigenvalue weighted by Gasteiger charge is -2.13. The Kier molecular flexibility index (Phi) is 5.66. The van der Waals surface area contributed by atoms with E-state index in [4.69, 9.17) is 14.2 Å². The lowest BCUT2D eigenvalue weighted by molar-refractivity contribution is 0.102. The maximum atomic E-state index is 12.9. The number of benzene rings is 3. The van der Waals surface area contributed by atoms with E-state index in [1.54, 1.807) is 50.9 Å². The van der Waals surface area contributed by atoms with Crippen molar-refractivity contribution >= 4 is 33.4 Å². The number of methoxy groups -OCH3 is 2. The highest BCUT2D eigenvalue weighted by atomic mass is 16.5. The smallest absolute Gasteiger partial charge is 0.257 e. The second kappa shape index (κ2) is 9.07. The Balaban J connectivity index is 1.48. The largest absolute Gasteiger partial charge is 0.493 e. The van der Waals surface area contributed by atoms with Crippen LogP contribution in [0.2, 0.25) is 0 Å². The van der Waals surface area contributed by atoms with E-state index in [0.29, 0.717) is 34.4 Å². The van der Waals surface area contributed by atoms with Gasteiger partial charge in [0.05, 0.1) is 19.7 Å². The third-order valence-corrected chi connectivity index (χ3v) is 5.44. The summed E-state index contributed by atoms with van der Waals surface area (Å²) in [6.07, 6.45) is 3.32. The summed E-state index contributed by atoms with van der Waals surface area (Å²) in [6, 6.07) is 22.0. The van der Waals surface area contributed by atoms with E-state index in [2.05, 4.69) is 15.3 Å². The monoisotopic (exact) mass is 451 g/mol. The van der Waals surface area contributed by atoms with Gasteiger partial charge in [-0.2, -0.15) is 0 Å². The molecule has 7 nitrogen and oxygen atoms in total. The number of carbonyl (C=O) groups is 1. The predicted octanol–water partition coefficient (Wildman–Crippen LogP) is 5.84. The molecule has 0 atom stereocenters. The molecule has 34 heavy (non-hydrogen) atoms. The first-order valence-electron chi connectivity index (χ1n) is 10.6. The highest BCUT2D eigenvalue weighted by Gasteiger charge is 2.14. The summed E-state index contributed by atoms with van der Waals surface area (Å²) < 4.78 is 17.0. The van der Waals surface area contributed by atoms with Crippen molar-refractivity contribution in [2.45, 2.75) is 0 Å². The molecule has 7 heteroatoms. The number of aromatic nitrogens is 2. The normalized spacial score (nSPS) is 10.8. The fraction of sp³-hybridized carbons (Fsp3) is 0.0741.